The van der Waals surface area contributed by atoms with Crippen LogP contribution in [0.4, 0.5) is 5.69 Å². The molecule has 6 nitrogen and oxygen atoms in total. The number of carbonyl (C=O) groups excluding carboxylic acids is 2. The summed E-state index contributed by atoms with van der Waals surface area (Å²) in [6.07, 6.45) is 0. The Bertz CT molecular complexity index is 1240. The van der Waals surface area contributed by atoms with Gasteiger partial charge in [-0.1, -0.05) is 48.0 Å². The first-order valence-corrected chi connectivity index (χ1v) is 10.4. The predicted octanol–water partition coefficient (Wildman–Crippen LogP) is 4.67. The van der Waals surface area contributed by atoms with E-state index >= 15 is 0 Å². The van der Waals surface area contributed by atoms with Crippen LogP contribution in [-0.2, 0) is 6.54 Å². The number of rotatable bonds is 6. The van der Waals surface area contributed by atoms with Crippen LogP contribution in [0.1, 0.15) is 37.7 Å². The smallest absolute Gasteiger partial charge is 0.272 e. The molecule has 0 radical (unpaired) electrons. The lowest BCUT2D eigenvalue weighted by Crippen LogP contribution is -2.23. The van der Waals surface area contributed by atoms with E-state index in [9.17, 15) is 9.59 Å². The van der Waals surface area contributed by atoms with Crippen molar-refractivity contribution in [3.05, 3.63) is 113 Å². The third-order valence-corrected chi connectivity index (χ3v) is 5.07. The Morgan fingerprint density at radius 3 is 2.34 bits per heavy atom. The van der Waals surface area contributed by atoms with E-state index in [1.165, 1.54) is 0 Å². The van der Waals surface area contributed by atoms with Crippen molar-refractivity contribution in [2.45, 2.75) is 20.4 Å². The molecule has 0 unspecified atom stereocenters. The SMILES string of the molecule is Cc1ccc(C(=O)Nc2cccc(CNC(=O)c3cc(C)n(-c4ccccc4)n3)c2)cc1. The van der Waals surface area contributed by atoms with E-state index < -0.39 is 0 Å². The Balaban J connectivity index is 1.39. The van der Waals surface area contributed by atoms with Crippen molar-refractivity contribution in [1.29, 1.82) is 0 Å². The average molecular weight is 425 g/mol. The highest BCUT2D eigenvalue weighted by molar-refractivity contribution is 6.04. The van der Waals surface area contributed by atoms with E-state index in [0.29, 0.717) is 23.5 Å². The van der Waals surface area contributed by atoms with Crippen molar-refractivity contribution in [3.8, 4) is 5.69 Å². The first-order valence-electron chi connectivity index (χ1n) is 10.4. The maximum Gasteiger partial charge on any atom is 0.272 e. The van der Waals surface area contributed by atoms with Crippen LogP contribution < -0.4 is 10.6 Å². The molecular weight excluding hydrogens is 400 g/mol. The van der Waals surface area contributed by atoms with Crippen LogP contribution in [0, 0.1) is 13.8 Å². The predicted molar refractivity (Wildman–Crippen MR) is 125 cm³/mol. The summed E-state index contributed by atoms with van der Waals surface area (Å²) < 4.78 is 1.75. The summed E-state index contributed by atoms with van der Waals surface area (Å²) in [6.45, 7) is 4.22. The molecule has 3 aromatic carbocycles. The summed E-state index contributed by atoms with van der Waals surface area (Å²) in [4.78, 5) is 25.1. The third-order valence-electron chi connectivity index (χ3n) is 5.07. The number of anilines is 1. The van der Waals surface area contributed by atoms with Crippen molar-refractivity contribution in [2.75, 3.05) is 5.32 Å². The van der Waals surface area contributed by atoms with Crippen LogP contribution in [0.5, 0.6) is 0 Å². The molecule has 0 saturated carbocycles. The van der Waals surface area contributed by atoms with Crippen molar-refractivity contribution in [3.63, 3.8) is 0 Å². The fraction of sp³-hybridized carbons (Fsp3) is 0.115. The average Bonchev–Trinajstić information content (AvgIpc) is 3.20. The van der Waals surface area contributed by atoms with Crippen molar-refractivity contribution in [1.82, 2.24) is 15.1 Å². The molecule has 2 N–H and O–H groups in total. The molecule has 2 amide bonds. The lowest BCUT2D eigenvalue weighted by molar-refractivity contribution is 0.0944. The van der Waals surface area contributed by atoms with Gasteiger partial charge in [-0.3, -0.25) is 9.59 Å². The number of nitrogens with one attached hydrogen (secondary N) is 2. The molecule has 0 aliphatic carbocycles. The monoisotopic (exact) mass is 424 g/mol. The summed E-state index contributed by atoms with van der Waals surface area (Å²) in [7, 11) is 0. The number of para-hydroxylation sites is 1. The van der Waals surface area contributed by atoms with Gasteiger partial charge in [-0.2, -0.15) is 5.10 Å². The standard InChI is InChI=1S/C26H24N4O2/c1-18-11-13-21(14-12-18)25(31)28-22-8-6-7-20(16-22)17-27-26(32)24-15-19(2)30(29-24)23-9-4-3-5-10-23/h3-16H,17H2,1-2H3,(H,27,32)(H,28,31). The van der Waals surface area contributed by atoms with Gasteiger partial charge in [0.1, 0.15) is 0 Å². The zero-order valence-electron chi connectivity index (χ0n) is 18.0. The van der Waals surface area contributed by atoms with E-state index in [0.717, 1.165) is 22.5 Å². The first-order chi connectivity index (χ1) is 15.5. The van der Waals surface area contributed by atoms with Gasteiger partial charge in [-0.05, 0) is 61.9 Å². The van der Waals surface area contributed by atoms with Crippen LogP contribution in [0.2, 0.25) is 0 Å². The molecule has 4 rings (SSSR count). The molecule has 0 saturated heterocycles. The van der Waals surface area contributed by atoms with Gasteiger partial charge in [0, 0.05) is 23.5 Å². The van der Waals surface area contributed by atoms with Gasteiger partial charge >= 0.3 is 0 Å². The van der Waals surface area contributed by atoms with Crippen LogP contribution in [-0.4, -0.2) is 21.6 Å². The second-order valence-corrected chi connectivity index (χ2v) is 7.62. The van der Waals surface area contributed by atoms with E-state index in [4.69, 9.17) is 0 Å². The van der Waals surface area contributed by atoms with E-state index in [2.05, 4.69) is 15.7 Å². The molecule has 160 valence electrons. The maximum absolute atomic E-state index is 12.6. The Hall–Kier alpha value is -4.19. The van der Waals surface area contributed by atoms with Crippen molar-refractivity contribution < 1.29 is 9.59 Å². The zero-order chi connectivity index (χ0) is 22.5. The summed E-state index contributed by atoms with van der Waals surface area (Å²) in [5.41, 5.74) is 5.38. The largest absolute Gasteiger partial charge is 0.347 e. The van der Waals surface area contributed by atoms with Gasteiger partial charge in [-0.15, -0.1) is 0 Å². The fourth-order valence-electron chi connectivity index (χ4n) is 3.36. The quantitative estimate of drug-likeness (QED) is 0.472. The van der Waals surface area contributed by atoms with E-state index in [1.807, 2.05) is 80.6 Å². The van der Waals surface area contributed by atoms with Gasteiger partial charge in [0.15, 0.2) is 5.69 Å². The second kappa shape index (κ2) is 9.31. The zero-order valence-corrected chi connectivity index (χ0v) is 18.0. The topological polar surface area (TPSA) is 76.0 Å². The Labute approximate surface area is 186 Å². The minimum atomic E-state index is -0.253. The molecule has 32 heavy (non-hydrogen) atoms. The van der Waals surface area contributed by atoms with Crippen LogP contribution in [0.25, 0.3) is 5.69 Å². The van der Waals surface area contributed by atoms with Crippen LogP contribution in [0.15, 0.2) is 84.9 Å². The highest BCUT2D eigenvalue weighted by Gasteiger charge is 2.13. The molecule has 0 aliphatic heterocycles. The normalized spacial score (nSPS) is 10.6. The molecule has 0 atom stereocenters. The van der Waals surface area contributed by atoms with Crippen molar-refractivity contribution in [2.24, 2.45) is 0 Å². The number of hydrogen-bond acceptors (Lipinski definition) is 3. The number of carbonyl (C=O) groups is 2. The summed E-state index contributed by atoms with van der Waals surface area (Å²) in [5, 5.41) is 10.2. The lowest BCUT2D eigenvalue weighted by atomic mass is 10.1. The minimum Gasteiger partial charge on any atom is -0.347 e. The highest BCUT2D eigenvalue weighted by atomic mass is 16.2. The molecule has 1 aromatic heterocycles. The van der Waals surface area contributed by atoms with Gasteiger partial charge in [0.2, 0.25) is 0 Å². The fourth-order valence-corrected chi connectivity index (χ4v) is 3.36. The highest BCUT2D eigenvalue weighted by Crippen LogP contribution is 2.14. The molecule has 0 fully saturated rings. The number of benzene rings is 3. The Morgan fingerprint density at radius 1 is 0.844 bits per heavy atom. The molecule has 4 aromatic rings. The molecule has 0 bridgehead atoms. The third kappa shape index (κ3) is 4.92. The van der Waals surface area contributed by atoms with Gasteiger partial charge in [0.05, 0.1) is 5.69 Å². The molecule has 0 spiro atoms. The lowest BCUT2D eigenvalue weighted by Gasteiger charge is -2.09. The number of aromatic nitrogens is 2. The summed E-state index contributed by atoms with van der Waals surface area (Å²) >= 11 is 0. The molecule has 1 heterocycles. The van der Waals surface area contributed by atoms with Crippen LogP contribution >= 0.6 is 0 Å². The summed E-state index contributed by atoms with van der Waals surface area (Å²) in [5.74, 6) is -0.426. The number of aryl methyl sites for hydroxylation is 2. The Morgan fingerprint density at radius 2 is 1.59 bits per heavy atom. The molecular formula is C26H24N4O2. The molecule has 6 heteroatoms. The second-order valence-electron chi connectivity index (χ2n) is 7.62. The van der Waals surface area contributed by atoms with Gasteiger partial charge in [0.25, 0.3) is 11.8 Å². The number of hydrogen-bond donors (Lipinski definition) is 2. The van der Waals surface area contributed by atoms with E-state index in [-0.39, 0.29) is 11.8 Å². The van der Waals surface area contributed by atoms with Crippen LogP contribution in [0.3, 0.4) is 0 Å². The van der Waals surface area contributed by atoms with Gasteiger partial charge in [-0.25, -0.2) is 4.68 Å². The Kier molecular flexibility index (Phi) is 6.12. The minimum absolute atomic E-state index is 0.173. The van der Waals surface area contributed by atoms with Crippen molar-refractivity contribution >= 4 is 17.5 Å². The molecule has 0 aliphatic rings. The first kappa shape index (κ1) is 21.1. The number of nitrogens with zero attached hydrogens (tertiary/aromatic N) is 2. The summed E-state index contributed by atoms with van der Waals surface area (Å²) in [6, 6.07) is 26.3. The van der Waals surface area contributed by atoms with E-state index in [1.54, 1.807) is 22.9 Å². The van der Waals surface area contributed by atoms with Gasteiger partial charge < -0.3 is 10.6 Å². The maximum atomic E-state index is 12.6. The number of amides is 2.